The van der Waals surface area contributed by atoms with E-state index >= 15 is 0 Å². The summed E-state index contributed by atoms with van der Waals surface area (Å²) in [4.78, 5) is 0. The summed E-state index contributed by atoms with van der Waals surface area (Å²) >= 11 is 5.79. The highest BCUT2D eigenvalue weighted by Gasteiger charge is 2.13. The Hall–Kier alpha value is -0.560. The van der Waals surface area contributed by atoms with Crippen molar-refractivity contribution in [2.45, 2.75) is 13.3 Å². The monoisotopic (exact) mass is 391 g/mol. The van der Waals surface area contributed by atoms with E-state index in [2.05, 4.69) is 67.8 Å². The predicted octanol–water partition coefficient (Wildman–Crippen LogP) is 3.59. The number of aromatic amines is 1. The Morgan fingerprint density at radius 3 is 2.94 bits per heavy atom. The molecule has 0 radical (unpaired) electrons. The second-order valence-corrected chi connectivity index (χ2v) is 5.52. The van der Waals surface area contributed by atoms with Gasteiger partial charge >= 0.3 is 0 Å². The van der Waals surface area contributed by atoms with E-state index in [0.29, 0.717) is 5.82 Å². The molecule has 0 spiro atoms. The lowest BCUT2D eigenvalue weighted by molar-refractivity contribution is 1.10. The largest absolute Gasteiger partial charge is 0.382 e. The average Bonchev–Trinajstić information content (AvgIpc) is 2.63. The fourth-order valence-electron chi connectivity index (χ4n) is 1.65. The number of H-pyrrole nitrogens is 1. The Balaban J connectivity index is 2.62. The molecule has 1 aromatic carbocycles. The Kier molecular flexibility index (Phi) is 3.53. The third-order valence-corrected chi connectivity index (χ3v) is 3.88. The van der Waals surface area contributed by atoms with Gasteiger partial charge in [0.05, 0.1) is 5.69 Å². The first-order valence-corrected chi connectivity index (χ1v) is 6.78. The number of halogens is 2. The molecular weight excluding hydrogens is 381 g/mol. The molecule has 1 heterocycles. The van der Waals surface area contributed by atoms with Crippen molar-refractivity contribution < 1.29 is 0 Å². The number of hydrogen-bond acceptors (Lipinski definition) is 2. The summed E-state index contributed by atoms with van der Waals surface area (Å²) in [6.07, 6.45) is 0.875. The van der Waals surface area contributed by atoms with Gasteiger partial charge in [0.15, 0.2) is 0 Å². The molecule has 2 aromatic rings. The fraction of sp³-hybridized carbons (Fsp3) is 0.182. The normalized spacial score (nSPS) is 10.7. The minimum atomic E-state index is 0.591. The standard InChI is InChI=1S/C11H11BrIN3/c1-2-7-10(15-16-11(7)14)8-5-6(12)3-4-9(8)13/h3-5H,2H2,1H3,(H3,14,15,16). The third kappa shape index (κ3) is 2.10. The number of anilines is 1. The third-order valence-electron chi connectivity index (χ3n) is 2.45. The molecule has 5 heteroatoms. The van der Waals surface area contributed by atoms with E-state index in [4.69, 9.17) is 5.73 Å². The van der Waals surface area contributed by atoms with Crippen molar-refractivity contribution in [3.05, 3.63) is 31.8 Å². The maximum Gasteiger partial charge on any atom is 0.149 e. The lowest BCUT2D eigenvalue weighted by Crippen LogP contribution is -1.92. The topological polar surface area (TPSA) is 54.7 Å². The van der Waals surface area contributed by atoms with Crippen molar-refractivity contribution in [2.24, 2.45) is 0 Å². The average molecular weight is 392 g/mol. The first-order chi connectivity index (χ1) is 7.63. The minimum Gasteiger partial charge on any atom is -0.382 e. The molecule has 84 valence electrons. The zero-order chi connectivity index (χ0) is 11.7. The molecular formula is C11H11BrIN3. The number of nitrogens with one attached hydrogen (secondary N) is 1. The highest BCUT2D eigenvalue weighted by atomic mass is 127. The van der Waals surface area contributed by atoms with Crippen LogP contribution in [-0.4, -0.2) is 10.2 Å². The Labute approximate surface area is 116 Å². The molecule has 1 aromatic heterocycles. The quantitative estimate of drug-likeness (QED) is 0.768. The fourth-order valence-corrected chi connectivity index (χ4v) is 2.62. The van der Waals surface area contributed by atoms with Crippen LogP contribution in [0.4, 0.5) is 5.82 Å². The summed E-state index contributed by atoms with van der Waals surface area (Å²) < 4.78 is 2.23. The van der Waals surface area contributed by atoms with Gasteiger partial charge in [-0.15, -0.1) is 0 Å². The lowest BCUT2D eigenvalue weighted by Gasteiger charge is -2.05. The molecule has 0 fully saturated rings. The van der Waals surface area contributed by atoms with Crippen molar-refractivity contribution in [1.82, 2.24) is 10.2 Å². The van der Waals surface area contributed by atoms with Crippen LogP contribution < -0.4 is 5.73 Å². The molecule has 3 nitrogen and oxygen atoms in total. The number of nitrogens with zero attached hydrogens (tertiary/aromatic N) is 1. The summed E-state index contributed by atoms with van der Waals surface area (Å²) in [5.74, 6) is 0.591. The Bertz CT molecular complexity index is 522. The zero-order valence-electron chi connectivity index (χ0n) is 8.72. The molecule has 0 unspecified atom stereocenters. The molecule has 16 heavy (non-hydrogen) atoms. The van der Waals surface area contributed by atoms with E-state index in [9.17, 15) is 0 Å². The first kappa shape index (κ1) is 11.9. The van der Waals surface area contributed by atoms with Gasteiger partial charge in [-0.1, -0.05) is 22.9 Å². The summed E-state index contributed by atoms with van der Waals surface area (Å²) in [7, 11) is 0. The van der Waals surface area contributed by atoms with Crippen LogP contribution in [0.2, 0.25) is 0 Å². The molecule has 0 amide bonds. The van der Waals surface area contributed by atoms with E-state index in [1.54, 1.807) is 0 Å². The smallest absolute Gasteiger partial charge is 0.149 e. The minimum absolute atomic E-state index is 0.591. The van der Waals surface area contributed by atoms with Gasteiger partial charge in [-0.3, -0.25) is 5.10 Å². The summed E-state index contributed by atoms with van der Waals surface area (Å²) in [5.41, 5.74) is 9.05. The van der Waals surface area contributed by atoms with E-state index in [0.717, 1.165) is 27.7 Å². The van der Waals surface area contributed by atoms with Crippen LogP contribution in [0, 0.1) is 3.57 Å². The molecule has 0 aliphatic rings. The molecule has 2 rings (SSSR count). The van der Waals surface area contributed by atoms with Gasteiger partial charge in [0.1, 0.15) is 5.82 Å². The molecule has 0 saturated heterocycles. The Morgan fingerprint density at radius 1 is 1.50 bits per heavy atom. The number of benzene rings is 1. The van der Waals surface area contributed by atoms with Gasteiger partial charge in [-0.25, -0.2) is 0 Å². The first-order valence-electron chi connectivity index (χ1n) is 4.91. The molecule has 0 atom stereocenters. The van der Waals surface area contributed by atoms with Crippen LogP contribution in [0.3, 0.4) is 0 Å². The predicted molar refractivity (Wildman–Crippen MR) is 78.2 cm³/mol. The number of nitrogens with two attached hydrogens (primary N) is 1. The van der Waals surface area contributed by atoms with Crippen molar-refractivity contribution in [1.29, 1.82) is 0 Å². The van der Waals surface area contributed by atoms with Gasteiger partial charge < -0.3 is 5.73 Å². The second-order valence-electron chi connectivity index (χ2n) is 3.44. The van der Waals surface area contributed by atoms with Gasteiger partial charge in [0.2, 0.25) is 0 Å². The van der Waals surface area contributed by atoms with Crippen molar-refractivity contribution >= 4 is 44.3 Å². The summed E-state index contributed by atoms with van der Waals surface area (Å²) in [6, 6.07) is 6.17. The van der Waals surface area contributed by atoms with Crippen molar-refractivity contribution in [3.8, 4) is 11.3 Å². The van der Waals surface area contributed by atoms with Gasteiger partial charge in [-0.2, -0.15) is 5.10 Å². The van der Waals surface area contributed by atoms with E-state index in [1.807, 2.05) is 6.07 Å². The van der Waals surface area contributed by atoms with Crippen LogP contribution in [-0.2, 0) is 6.42 Å². The van der Waals surface area contributed by atoms with Crippen LogP contribution in [0.15, 0.2) is 22.7 Å². The second kappa shape index (κ2) is 4.75. The maximum absolute atomic E-state index is 5.82. The Morgan fingerprint density at radius 2 is 2.25 bits per heavy atom. The lowest BCUT2D eigenvalue weighted by atomic mass is 10.1. The van der Waals surface area contributed by atoms with Crippen molar-refractivity contribution in [3.63, 3.8) is 0 Å². The van der Waals surface area contributed by atoms with Gasteiger partial charge in [0.25, 0.3) is 0 Å². The molecule has 0 aliphatic carbocycles. The summed E-state index contributed by atoms with van der Waals surface area (Å²) in [5, 5.41) is 7.08. The molecule has 3 N–H and O–H groups in total. The van der Waals surface area contributed by atoms with Gasteiger partial charge in [-0.05, 0) is 47.2 Å². The van der Waals surface area contributed by atoms with Crippen LogP contribution in [0.25, 0.3) is 11.3 Å². The molecule has 0 aliphatic heterocycles. The van der Waals surface area contributed by atoms with Crippen LogP contribution in [0.5, 0.6) is 0 Å². The van der Waals surface area contributed by atoms with Crippen LogP contribution in [0.1, 0.15) is 12.5 Å². The molecule has 0 bridgehead atoms. The number of aromatic nitrogens is 2. The zero-order valence-corrected chi connectivity index (χ0v) is 12.5. The highest BCUT2D eigenvalue weighted by molar-refractivity contribution is 14.1. The molecule has 0 saturated carbocycles. The number of nitrogen functional groups attached to an aromatic ring is 1. The summed E-state index contributed by atoms with van der Waals surface area (Å²) in [6.45, 7) is 2.08. The number of hydrogen-bond donors (Lipinski definition) is 2. The highest BCUT2D eigenvalue weighted by Crippen LogP contribution is 2.31. The number of rotatable bonds is 2. The maximum atomic E-state index is 5.82. The van der Waals surface area contributed by atoms with Gasteiger partial charge in [0, 0.05) is 19.2 Å². The van der Waals surface area contributed by atoms with E-state index < -0.39 is 0 Å². The van der Waals surface area contributed by atoms with Crippen molar-refractivity contribution in [2.75, 3.05) is 5.73 Å². The van der Waals surface area contributed by atoms with E-state index in [-0.39, 0.29) is 0 Å². The van der Waals surface area contributed by atoms with E-state index in [1.165, 1.54) is 3.57 Å². The van der Waals surface area contributed by atoms with Crippen LogP contribution >= 0.6 is 38.5 Å². The SMILES string of the molecule is CCc1c(N)n[nH]c1-c1cc(Br)ccc1I.